The van der Waals surface area contributed by atoms with Gasteiger partial charge in [0, 0.05) is 24.7 Å². The number of nitrogens with two attached hydrogens (primary N) is 2. The van der Waals surface area contributed by atoms with Crippen LogP contribution in [0.25, 0.3) is 0 Å². The molecular weight excluding hydrogens is 468 g/mol. The highest BCUT2D eigenvalue weighted by Gasteiger charge is 2.32. The number of carbonyl (C=O) groups is 2. The fourth-order valence-electron chi connectivity index (χ4n) is 2.09. The van der Waals surface area contributed by atoms with Gasteiger partial charge in [0.2, 0.25) is 0 Å². The first kappa shape index (κ1) is 31.3. The molecule has 10 N–H and O–H groups in total. The van der Waals surface area contributed by atoms with Crippen LogP contribution in [0.2, 0.25) is 0 Å². The van der Waals surface area contributed by atoms with Crippen LogP contribution < -0.4 is 11.5 Å². The highest BCUT2D eigenvalue weighted by atomic mass is 32.2. The maximum atomic E-state index is 11.8. The van der Waals surface area contributed by atoms with Crippen LogP contribution in [0.1, 0.15) is 12.8 Å². The number of thioether (sulfide) groups is 2. The van der Waals surface area contributed by atoms with Crippen LogP contribution in [0.4, 0.5) is 0 Å². The standard InChI is InChI=1S/C18H36N2O10S2/c19-11(9-31-5-1-3-21)17(27)29-7-13(23)15(25)16(26)14(24)8-30-18(28)12(20)10-32-6-2-4-22/h11-16,21-26H,1-10,19-20H2/t11-,12-,13?,14?,15?,16?/m0/s1. The number of hydrogen-bond donors (Lipinski definition) is 8. The Labute approximate surface area is 195 Å². The topological polar surface area (TPSA) is 226 Å². The van der Waals surface area contributed by atoms with Crippen LogP contribution >= 0.6 is 23.5 Å². The average Bonchev–Trinajstić information content (AvgIpc) is 2.79. The van der Waals surface area contributed by atoms with Crippen molar-refractivity contribution >= 4 is 35.5 Å². The second-order valence-electron chi connectivity index (χ2n) is 6.89. The third-order valence-corrected chi connectivity index (χ3v) is 6.37. The molecule has 0 aliphatic carbocycles. The van der Waals surface area contributed by atoms with Gasteiger partial charge in [0.1, 0.15) is 49.7 Å². The average molecular weight is 505 g/mol. The molecule has 0 bridgehead atoms. The first-order chi connectivity index (χ1) is 15.1. The summed E-state index contributed by atoms with van der Waals surface area (Å²) >= 11 is 2.69. The van der Waals surface area contributed by atoms with Crippen molar-refractivity contribution in [1.82, 2.24) is 0 Å². The van der Waals surface area contributed by atoms with Crippen LogP contribution in [-0.4, -0.2) is 129 Å². The fourth-order valence-corrected chi connectivity index (χ4v) is 3.87. The Balaban J connectivity index is 4.27. The molecule has 0 aliphatic heterocycles. The largest absolute Gasteiger partial charge is 0.462 e. The lowest BCUT2D eigenvalue weighted by Gasteiger charge is -2.26. The molecule has 0 radical (unpaired) electrons. The van der Waals surface area contributed by atoms with E-state index in [0.717, 1.165) is 0 Å². The molecule has 0 saturated heterocycles. The maximum Gasteiger partial charge on any atom is 0.323 e. The molecule has 0 aliphatic rings. The van der Waals surface area contributed by atoms with Crippen molar-refractivity contribution in [3.05, 3.63) is 0 Å². The third kappa shape index (κ3) is 13.8. The molecule has 0 aromatic carbocycles. The predicted molar refractivity (Wildman–Crippen MR) is 120 cm³/mol. The van der Waals surface area contributed by atoms with Gasteiger partial charge in [0.15, 0.2) is 0 Å². The molecule has 12 nitrogen and oxygen atoms in total. The highest BCUT2D eigenvalue weighted by Crippen LogP contribution is 2.10. The summed E-state index contributed by atoms with van der Waals surface area (Å²) in [6, 6.07) is -1.94. The number of aliphatic hydroxyl groups excluding tert-OH is 6. The van der Waals surface area contributed by atoms with Crippen molar-refractivity contribution < 1.29 is 49.7 Å². The number of rotatable bonds is 19. The van der Waals surface area contributed by atoms with Crippen LogP contribution in [-0.2, 0) is 19.1 Å². The Morgan fingerprint density at radius 2 is 1.06 bits per heavy atom. The van der Waals surface area contributed by atoms with Crippen molar-refractivity contribution in [2.75, 3.05) is 49.4 Å². The van der Waals surface area contributed by atoms with E-state index in [1.165, 1.54) is 23.5 Å². The van der Waals surface area contributed by atoms with Gasteiger partial charge in [-0.2, -0.15) is 23.5 Å². The molecule has 0 amide bonds. The Bertz CT molecular complexity index is 476. The molecule has 6 atom stereocenters. The van der Waals surface area contributed by atoms with Crippen molar-refractivity contribution in [3.8, 4) is 0 Å². The van der Waals surface area contributed by atoms with Crippen LogP contribution in [0, 0.1) is 0 Å². The van der Waals surface area contributed by atoms with E-state index in [1.54, 1.807) is 0 Å². The zero-order chi connectivity index (χ0) is 24.5. The summed E-state index contributed by atoms with van der Waals surface area (Å²) in [5.41, 5.74) is 11.3. The molecule has 0 rings (SSSR count). The Morgan fingerprint density at radius 1 is 0.719 bits per heavy atom. The number of carbonyl (C=O) groups excluding carboxylic acids is 2. The molecule has 0 spiro atoms. The zero-order valence-electron chi connectivity index (χ0n) is 17.8. The third-order valence-electron chi connectivity index (χ3n) is 4.02. The van der Waals surface area contributed by atoms with E-state index in [4.69, 9.17) is 31.2 Å². The van der Waals surface area contributed by atoms with Gasteiger partial charge < -0.3 is 51.6 Å². The van der Waals surface area contributed by atoms with E-state index in [2.05, 4.69) is 0 Å². The minimum Gasteiger partial charge on any atom is -0.462 e. The van der Waals surface area contributed by atoms with E-state index in [9.17, 15) is 30.0 Å². The predicted octanol–water partition coefficient (Wildman–Crippen LogP) is -3.60. The van der Waals surface area contributed by atoms with E-state index in [1.807, 2.05) is 0 Å². The van der Waals surface area contributed by atoms with E-state index < -0.39 is 61.7 Å². The van der Waals surface area contributed by atoms with Crippen molar-refractivity contribution in [2.24, 2.45) is 11.5 Å². The fraction of sp³-hybridized carbons (Fsp3) is 0.889. The van der Waals surface area contributed by atoms with Crippen LogP contribution in [0.5, 0.6) is 0 Å². The molecule has 0 saturated carbocycles. The second kappa shape index (κ2) is 18.7. The van der Waals surface area contributed by atoms with Crippen molar-refractivity contribution in [2.45, 2.75) is 49.3 Å². The number of hydrogen-bond acceptors (Lipinski definition) is 14. The normalized spacial score (nSPS) is 17.1. The Morgan fingerprint density at radius 3 is 1.38 bits per heavy atom. The van der Waals surface area contributed by atoms with E-state index in [0.29, 0.717) is 24.3 Å². The quantitative estimate of drug-likeness (QED) is 0.0628. The molecule has 4 unspecified atom stereocenters. The summed E-state index contributed by atoms with van der Waals surface area (Å²) in [4.78, 5) is 23.6. The highest BCUT2D eigenvalue weighted by molar-refractivity contribution is 7.99. The molecule has 190 valence electrons. The zero-order valence-corrected chi connectivity index (χ0v) is 19.5. The second-order valence-corrected chi connectivity index (χ2v) is 9.19. The Kier molecular flexibility index (Phi) is 18.3. The first-order valence-corrected chi connectivity index (χ1v) is 12.4. The smallest absolute Gasteiger partial charge is 0.323 e. The molecule has 0 heterocycles. The minimum absolute atomic E-state index is 0.0292. The van der Waals surface area contributed by atoms with E-state index >= 15 is 0 Å². The van der Waals surface area contributed by atoms with E-state index in [-0.39, 0.29) is 24.7 Å². The molecular formula is C18H36N2O10S2. The summed E-state index contributed by atoms with van der Waals surface area (Å²) in [6.45, 7) is -1.29. The lowest BCUT2D eigenvalue weighted by molar-refractivity contribution is -0.163. The molecule has 0 aromatic heterocycles. The van der Waals surface area contributed by atoms with Gasteiger partial charge in [0.05, 0.1) is 0 Å². The summed E-state index contributed by atoms with van der Waals surface area (Å²) in [7, 11) is 0. The SMILES string of the molecule is N[C@@H](CSCCCO)C(=O)OCC(O)C(O)C(O)C(O)COC(=O)[C@@H](N)CSCCCO. The number of ether oxygens (including phenoxy) is 2. The summed E-state index contributed by atoms with van der Waals surface area (Å²) in [5.74, 6) is 0.0746. The number of aliphatic hydroxyl groups is 6. The minimum atomic E-state index is -1.89. The summed E-state index contributed by atoms with van der Waals surface area (Å²) in [5, 5.41) is 57.1. The van der Waals surface area contributed by atoms with Gasteiger partial charge in [-0.25, -0.2) is 0 Å². The maximum absolute atomic E-state index is 11.8. The molecule has 14 heteroatoms. The molecule has 0 fully saturated rings. The number of esters is 2. The molecule has 32 heavy (non-hydrogen) atoms. The van der Waals surface area contributed by atoms with Gasteiger partial charge in [-0.3, -0.25) is 9.59 Å². The summed E-state index contributed by atoms with van der Waals surface area (Å²) in [6.07, 6.45) is -6.12. The first-order valence-electron chi connectivity index (χ1n) is 10.1. The van der Waals surface area contributed by atoms with Gasteiger partial charge in [0.25, 0.3) is 0 Å². The monoisotopic (exact) mass is 504 g/mol. The molecule has 0 aromatic rings. The van der Waals surface area contributed by atoms with Crippen LogP contribution in [0.3, 0.4) is 0 Å². The lowest BCUT2D eigenvalue weighted by atomic mass is 10.0. The van der Waals surface area contributed by atoms with Gasteiger partial charge in [-0.15, -0.1) is 0 Å². The van der Waals surface area contributed by atoms with Gasteiger partial charge in [-0.05, 0) is 24.3 Å². The van der Waals surface area contributed by atoms with Crippen molar-refractivity contribution in [1.29, 1.82) is 0 Å². The Hall–Kier alpha value is -0.680. The summed E-state index contributed by atoms with van der Waals surface area (Å²) < 4.78 is 9.62. The van der Waals surface area contributed by atoms with Crippen LogP contribution in [0.15, 0.2) is 0 Å². The van der Waals surface area contributed by atoms with Crippen molar-refractivity contribution in [3.63, 3.8) is 0 Å². The van der Waals surface area contributed by atoms with Gasteiger partial charge >= 0.3 is 11.9 Å². The van der Waals surface area contributed by atoms with Gasteiger partial charge in [-0.1, -0.05) is 0 Å². The lowest BCUT2D eigenvalue weighted by Crippen LogP contribution is -2.49.